The second kappa shape index (κ2) is 2.28. The maximum absolute atomic E-state index is 11.6. The van der Waals surface area contributed by atoms with Crippen molar-refractivity contribution in [1.82, 2.24) is 0 Å². The van der Waals surface area contributed by atoms with Gasteiger partial charge in [0.05, 0.1) is 17.1 Å². The lowest BCUT2D eigenvalue weighted by Crippen LogP contribution is -2.49. The topological polar surface area (TPSA) is 43.4 Å². The summed E-state index contributed by atoms with van der Waals surface area (Å²) in [6.45, 7) is 0. The van der Waals surface area contributed by atoms with Gasteiger partial charge in [0.25, 0.3) is 0 Å². The molecule has 2 bridgehead atoms. The lowest BCUT2D eigenvalue weighted by atomic mass is 9.84. The molecule has 3 nitrogen and oxygen atoms in total. The van der Waals surface area contributed by atoms with Gasteiger partial charge in [-0.2, -0.15) is 0 Å². The predicted octanol–water partition coefficient (Wildman–Crippen LogP) is 1.23. The van der Waals surface area contributed by atoms with Crippen molar-refractivity contribution in [2.24, 2.45) is 5.92 Å². The molecular formula is C11H10O3S. The van der Waals surface area contributed by atoms with Gasteiger partial charge in [0.1, 0.15) is 6.10 Å². The van der Waals surface area contributed by atoms with Crippen LogP contribution in [-0.4, -0.2) is 19.4 Å². The van der Waals surface area contributed by atoms with Gasteiger partial charge in [0.2, 0.25) is 0 Å². The van der Waals surface area contributed by atoms with Crippen LogP contribution in [0.25, 0.3) is 0 Å². The summed E-state index contributed by atoms with van der Waals surface area (Å²) in [7, 11) is -2.86. The molecule has 0 radical (unpaired) electrons. The highest BCUT2D eigenvalue weighted by Gasteiger charge is 2.64. The Balaban J connectivity index is 1.93. The molecule has 3 aliphatic rings. The summed E-state index contributed by atoms with van der Waals surface area (Å²) in [5.41, 5.74) is 2.30. The third-order valence-corrected chi connectivity index (χ3v) is 6.13. The number of ether oxygens (including phenoxy) is 1. The molecule has 3 aliphatic heterocycles. The van der Waals surface area contributed by atoms with Gasteiger partial charge in [0.15, 0.2) is 9.84 Å². The van der Waals surface area contributed by atoms with E-state index in [9.17, 15) is 8.42 Å². The summed E-state index contributed by atoms with van der Waals surface area (Å²) in [4.78, 5) is 0. The minimum atomic E-state index is -2.86. The van der Waals surface area contributed by atoms with Crippen molar-refractivity contribution in [3.05, 3.63) is 35.4 Å². The highest BCUT2D eigenvalue weighted by atomic mass is 32.2. The Morgan fingerprint density at radius 3 is 2.47 bits per heavy atom. The second-order valence-electron chi connectivity index (χ2n) is 4.56. The minimum Gasteiger partial charge on any atom is -0.364 e. The van der Waals surface area contributed by atoms with Crippen LogP contribution in [0.4, 0.5) is 0 Å². The number of hydrogen-bond donors (Lipinski definition) is 0. The molecule has 2 saturated heterocycles. The number of benzene rings is 1. The van der Waals surface area contributed by atoms with E-state index in [0.29, 0.717) is 5.75 Å². The third-order valence-electron chi connectivity index (χ3n) is 3.85. The molecule has 4 heteroatoms. The van der Waals surface area contributed by atoms with Gasteiger partial charge < -0.3 is 4.74 Å². The molecule has 0 spiro atoms. The van der Waals surface area contributed by atoms with Crippen LogP contribution in [0.15, 0.2) is 24.3 Å². The van der Waals surface area contributed by atoms with E-state index < -0.39 is 9.84 Å². The Kier molecular flexibility index (Phi) is 1.26. The van der Waals surface area contributed by atoms with Crippen LogP contribution in [0, 0.1) is 5.92 Å². The molecule has 2 fully saturated rings. The maximum atomic E-state index is 11.6. The van der Waals surface area contributed by atoms with Gasteiger partial charge in [-0.05, 0) is 11.1 Å². The highest BCUT2D eigenvalue weighted by Crippen LogP contribution is 2.60. The van der Waals surface area contributed by atoms with Crippen LogP contribution in [0.1, 0.15) is 23.3 Å². The van der Waals surface area contributed by atoms with Crippen LogP contribution in [-0.2, 0) is 14.6 Å². The fourth-order valence-corrected chi connectivity index (χ4v) is 5.35. The molecule has 0 aliphatic carbocycles. The Bertz CT molecular complexity index is 549. The van der Waals surface area contributed by atoms with Crippen molar-refractivity contribution in [2.45, 2.75) is 17.5 Å². The first kappa shape index (κ1) is 8.30. The van der Waals surface area contributed by atoms with Gasteiger partial charge in [0, 0.05) is 5.92 Å². The molecule has 0 unspecified atom stereocenters. The average molecular weight is 222 g/mol. The number of hydrogen-bond acceptors (Lipinski definition) is 3. The molecule has 0 aromatic heterocycles. The first-order valence-corrected chi connectivity index (χ1v) is 6.86. The van der Waals surface area contributed by atoms with E-state index in [-0.39, 0.29) is 23.4 Å². The van der Waals surface area contributed by atoms with E-state index in [2.05, 4.69) is 6.07 Å². The zero-order valence-electron chi connectivity index (χ0n) is 7.96. The van der Waals surface area contributed by atoms with E-state index in [4.69, 9.17) is 4.74 Å². The summed E-state index contributed by atoms with van der Waals surface area (Å²) >= 11 is 0. The number of rotatable bonds is 0. The normalized spacial score (nSPS) is 43.2. The monoisotopic (exact) mass is 222 g/mol. The molecule has 78 valence electrons. The summed E-state index contributed by atoms with van der Waals surface area (Å²) in [6, 6.07) is 7.99. The summed E-state index contributed by atoms with van der Waals surface area (Å²) in [5, 5.41) is -0.252. The van der Waals surface area contributed by atoms with Crippen LogP contribution >= 0.6 is 0 Å². The predicted molar refractivity (Wildman–Crippen MR) is 54.1 cm³/mol. The fourth-order valence-electron chi connectivity index (χ4n) is 3.21. The van der Waals surface area contributed by atoms with Crippen molar-refractivity contribution >= 4 is 9.84 Å². The van der Waals surface area contributed by atoms with E-state index >= 15 is 0 Å². The number of fused-ring (bicyclic) bond motifs is 8. The van der Waals surface area contributed by atoms with Crippen molar-refractivity contribution in [1.29, 1.82) is 0 Å². The SMILES string of the molecule is O=S1(=O)C[C@@H]2[C@H]1[C@H]1O[C@@H]2c2ccccc21. The fraction of sp³-hybridized carbons (Fsp3) is 0.455. The molecule has 0 saturated carbocycles. The molecule has 3 heterocycles. The van der Waals surface area contributed by atoms with E-state index in [0.717, 1.165) is 5.56 Å². The molecule has 1 aromatic carbocycles. The summed E-state index contributed by atoms with van der Waals surface area (Å²) in [6.07, 6.45) is -0.144. The Hall–Kier alpha value is -0.870. The lowest BCUT2D eigenvalue weighted by molar-refractivity contribution is 0.0646. The minimum absolute atomic E-state index is 0.0414. The molecule has 0 N–H and O–H groups in total. The molecule has 4 rings (SSSR count). The van der Waals surface area contributed by atoms with Crippen LogP contribution in [0.2, 0.25) is 0 Å². The maximum Gasteiger partial charge on any atom is 0.156 e. The third kappa shape index (κ3) is 0.799. The van der Waals surface area contributed by atoms with Gasteiger partial charge in [-0.15, -0.1) is 0 Å². The Morgan fingerprint density at radius 2 is 1.80 bits per heavy atom. The Labute approximate surface area is 88.0 Å². The lowest BCUT2D eigenvalue weighted by Gasteiger charge is -2.37. The summed E-state index contributed by atoms with van der Waals surface area (Å²) in [5.74, 6) is 0.530. The van der Waals surface area contributed by atoms with Crippen LogP contribution in [0.5, 0.6) is 0 Å². The summed E-state index contributed by atoms with van der Waals surface area (Å²) < 4.78 is 29.0. The Morgan fingerprint density at radius 1 is 1.13 bits per heavy atom. The standard InChI is InChI=1S/C11H10O3S/c12-15(13)5-8-9-6-3-1-2-4-7(6)10(14-9)11(8)15/h1-4,8-11H,5H2/t8-,9+,10-,11-/m0/s1. The van der Waals surface area contributed by atoms with E-state index in [1.807, 2.05) is 18.2 Å². The quantitative estimate of drug-likeness (QED) is 0.663. The zero-order chi connectivity index (χ0) is 10.2. The smallest absolute Gasteiger partial charge is 0.156 e. The van der Waals surface area contributed by atoms with Gasteiger partial charge >= 0.3 is 0 Å². The van der Waals surface area contributed by atoms with Crippen molar-refractivity contribution in [3.63, 3.8) is 0 Å². The van der Waals surface area contributed by atoms with Crippen molar-refractivity contribution in [2.75, 3.05) is 5.75 Å². The van der Waals surface area contributed by atoms with Crippen LogP contribution < -0.4 is 0 Å². The molecular weight excluding hydrogens is 212 g/mol. The average Bonchev–Trinajstić information content (AvgIpc) is 2.70. The largest absolute Gasteiger partial charge is 0.364 e. The number of sulfone groups is 1. The molecule has 1 aromatic rings. The highest BCUT2D eigenvalue weighted by molar-refractivity contribution is 7.93. The van der Waals surface area contributed by atoms with E-state index in [1.165, 1.54) is 5.56 Å². The zero-order valence-corrected chi connectivity index (χ0v) is 8.78. The van der Waals surface area contributed by atoms with Gasteiger partial charge in [-0.1, -0.05) is 24.3 Å². The van der Waals surface area contributed by atoms with Gasteiger partial charge in [-0.3, -0.25) is 0 Å². The molecule has 0 amide bonds. The first-order valence-electron chi connectivity index (χ1n) is 5.14. The van der Waals surface area contributed by atoms with Crippen molar-refractivity contribution < 1.29 is 13.2 Å². The first-order chi connectivity index (χ1) is 7.18. The van der Waals surface area contributed by atoms with Crippen molar-refractivity contribution in [3.8, 4) is 0 Å². The van der Waals surface area contributed by atoms with Gasteiger partial charge in [-0.25, -0.2) is 8.42 Å². The second-order valence-corrected chi connectivity index (χ2v) is 6.77. The van der Waals surface area contributed by atoms with Crippen LogP contribution in [0.3, 0.4) is 0 Å². The molecule has 4 atom stereocenters. The van der Waals surface area contributed by atoms with E-state index in [1.54, 1.807) is 0 Å². The molecule has 15 heavy (non-hydrogen) atoms.